The molecule has 0 saturated heterocycles. The molecule has 7 nitrogen and oxygen atoms in total. The molecule has 0 unspecified atom stereocenters. The Kier molecular flexibility index (Phi) is 2.54. The average molecular weight is 186 g/mol. The van der Waals surface area contributed by atoms with Crippen molar-refractivity contribution in [1.29, 1.82) is 15.8 Å². The van der Waals surface area contributed by atoms with Crippen molar-refractivity contribution in [3.8, 4) is 24.1 Å². The van der Waals surface area contributed by atoms with Crippen LogP contribution in [0, 0.1) is 34.0 Å². The van der Waals surface area contributed by atoms with Crippen LogP contribution >= 0.6 is 0 Å². The molecule has 7 heteroatoms. The maximum absolute atomic E-state index is 8.55. The first-order valence-electron chi connectivity index (χ1n) is 3.33. The molecule has 1 heterocycles. The molecule has 0 atom stereocenters. The second-order valence-electron chi connectivity index (χ2n) is 2.08. The Morgan fingerprint density at radius 1 is 1.21 bits per heavy atom. The fourth-order valence-electron chi connectivity index (χ4n) is 0.585. The van der Waals surface area contributed by atoms with E-state index >= 15 is 0 Å². The highest BCUT2D eigenvalue weighted by molar-refractivity contribution is 5.32. The fraction of sp³-hybridized carbons (Fsp3) is 0.143. The number of hydrogen-bond donors (Lipinski definition) is 0. The zero-order chi connectivity index (χ0) is 10.4. The van der Waals surface area contributed by atoms with Crippen molar-refractivity contribution in [3.05, 3.63) is 12.3 Å². The van der Waals surface area contributed by atoms with E-state index in [0.717, 1.165) is 0 Å². The van der Waals surface area contributed by atoms with Gasteiger partial charge < -0.3 is 4.74 Å². The Bertz CT molecular complexity index is 400. The molecule has 66 valence electrons. The van der Waals surface area contributed by atoms with Gasteiger partial charge in [0.25, 0.3) is 0 Å². The molecule has 0 aliphatic heterocycles. The highest BCUT2D eigenvalue weighted by atomic mass is 16.5. The lowest BCUT2D eigenvalue weighted by Crippen LogP contribution is -2.30. The van der Waals surface area contributed by atoms with Crippen LogP contribution in [0.25, 0.3) is 0 Å². The van der Waals surface area contributed by atoms with E-state index < -0.39 is 5.60 Å². The molecular weight excluding hydrogens is 184 g/mol. The second kappa shape index (κ2) is 3.79. The smallest absolute Gasteiger partial charge is 0.368 e. The first kappa shape index (κ1) is 9.37. The van der Waals surface area contributed by atoms with Crippen molar-refractivity contribution in [2.75, 3.05) is 0 Å². The third-order valence-electron chi connectivity index (χ3n) is 1.21. The zero-order valence-electron chi connectivity index (χ0n) is 6.75. The van der Waals surface area contributed by atoms with Crippen molar-refractivity contribution in [2.24, 2.45) is 0 Å². The van der Waals surface area contributed by atoms with E-state index in [9.17, 15) is 0 Å². The predicted octanol–water partition coefficient (Wildman–Crippen LogP) is -0.440. The zero-order valence-corrected chi connectivity index (χ0v) is 6.75. The third-order valence-corrected chi connectivity index (χ3v) is 1.21. The molecule has 0 N–H and O–H groups in total. The summed E-state index contributed by atoms with van der Waals surface area (Å²) in [7, 11) is 0. The fourth-order valence-corrected chi connectivity index (χ4v) is 0.585. The van der Waals surface area contributed by atoms with E-state index in [1.54, 1.807) is 0 Å². The Balaban J connectivity index is 2.96. The summed E-state index contributed by atoms with van der Waals surface area (Å²) < 4.78 is 4.75. The van der Waals surface area contributed by atoms with Gasteiger partial charge in [-0.05, 0) is 5.21 Å². The summed E-state index contributed by atoms with van der Waals surface area (Å²) in [6, 6.07) is 5.58. The van der Waals surface area contributed by atoms with Gasteiger partial charge in [-0.15, -0.1) is 5.10 Å². The normalized spacial score (nSPS) is 9.21. The van der Waals surface area contributed by atoms with Crippen molar-refractivity contribution in [3.63, 3.8) is 0 Å². The van der Waals surface area contributed by atoms with E-state index in [2.05, 4.69) is 15.4 Å². The van der Waals surface area contributed by atoms with Gasteiger partial charge in [-0.25, -0.2) is 0 Å². The number of hydrogen-bond acceptors (Lipinski definition) is 7. The molecule has 0 bridgehead atoms. The lowest BCUT2D eigenvalue weighted by atomic mass is 10.1. The second-order valence-corrected chi connectivity index (χ2v) is 2.08. The molecular formula is C7H2N6O. The molecule has 0 aliphatic carbocycles. The van der Waals surface area contributed by atoms with Crippen LogP contribution in [-0.4, -0.2) is 21.0 Å². The monoisotopic (exact) mass is 186 g/mol. The first-order valence-corrected chi connectivity index (χ1v) is 3.33. The molecule has 0 fully saturated rings. The maximum Gasteiger partial charge on any atom is 0.368 e. The van der Waals surface area contributed by atoms with Crippen LogP contribution in [0.2, 0.25) is 0 Å². The molecule has 0 aromatic carbocycles. The summed E-state index contributed by atoms with van der Waals surface area (Å²) in [5.74, 6) is -0.107. The van der Waals surface area contributed by atoms with E-state index in [0.29, 0.717) is 0 Å². The van der Waals surface area contributed by atoms with Crippen LogP contribution in [-0.2, 0) is 0 Å². The third kappa shape index (κ3) is 1.71. The molecule has 0 saturated carbocycles. The van der Waals surface area contributed by atoms with Crippen LogP contribution in [0.5, 0.6) is 5.88 Å². The van der Waals surface area contributed by atoms with Crippen molar-refractivity contribution in [2.45, 2.75) is 5.60 Å². The van der Waals surface area contributed by atoms with Crippen LogP contribution < -0.4 is 4.74 Å². The number of aromatic nitrogens is 3. The summed E-state index contributed by atoms with van der Waals surface area (Å²) in [5.41, 5.74) is -2.18. The van der Waals surface area contributed by atoms with E-state index in [1.807, 2.05) is 0 Å². The summed E-state index contributed by atoms with van der Waals surface area (Å²) in [6.45, 7) is 0. The highest BCUT2D eigenvalue weighted by Crippen LogP contribution is 2.12. The number of nitrogens with zero attached hydrogens (tertiary/aromatic N) is 6. The van der Waals surface area contributed by atoms with E-state index in [-0.39, 0.29) is 5.88 Å². The Morgan fingerprint density at radius 3 is 2.29 bits per heavy atom. The lowest BCUT2D eigenvalue weighted by molar-refractivity contribution is 0.230. The Hall–Kier alpha value is -2.72. The quantitative estimate of drug-likeness (QED) is 0.613. The van der Waals surface area contributed by atoms with Gasteiger partial charge in [0.05, 0.1) is 6.20 Å². The minimum atomic E-state index is -2.18. The standard InChI is InChI=1S/C7H2N6O/c8-3-7(4-9,5-10)14-6-1-2-11-13-12-6/h1-2H. The lowest BCUT2D eigenvalue weighted by Gasteiger charge is -2.09. The largest absolute Gasteiger partial charge is 0.429 e. The molecule has 0 radical (unpaired) electrons. The highest BCUT2D eigenvalue weighted by Gasteiger charge is 2.33. The maximum atomic E-state index is 8.55. The van der Waals surface area contributed by atoms with Gasteiger partial charge in [-0.3, -0.25) is 0 Å². The van der Waals surface area contributed by atoms with Crippen LogP contribution in [0.3, 0.4) is 0 Å². The van der Waals surface area contributed by atoms with Crippen molar-refractivity contribution >= 4 is 0 Å². The summed E-state index contributed by atoms with van der Waals surface area (Å²) in [5, 5.41) is 35.6. The predicted molar refractivity (Wildman–Crippen MR) is 40.0 cm³/mol. The van der Waals surface area contributed by atoms with Gasteiger partial charge in [0.15, 0.2) is 0 Å². The summed E-state index contributed by atoms with van der Waals surface area (Å²) >= 11 is 0. The van der Waals surface area contributed by atoms with Crippen LogP contribution in [0.15, 0.2) is 12.3 Å². The number of rotatable bonds is 2. The topological polar surface area (TPSA) is 119 Å². The van der Waals surface area contributed by atoms with Gasteiger partial charge in [-0.1, -0.05) is 5.10 Å². The van der Waals surface area contributed by atoms with Crippen LogP contribution in [0.4, 0.5) is 0 Å². The average Bonchev–Trinajstić information content (AvgIpc) is 2.28. The minimum Gasteiger partial charge on any atom is -0.429 e. The Morgan fingerprint density at radius 2 is 1.86 bits per heavy atom. The van der Waals surface area contributed by atoms with E-state index in [1.165, 1.54) is 30.5 Å². The summed E-state index contributed by atoms with van der Waals surface area (Å²) in [4.78, 5) is 0. The molecule has 1 aromatic rings. The molecule has 0 amide bonds. The molecule has 0 spiro atoms. The Labute approximate surface area is 78.8 Å². The van der Waals surface area contributed by atoms with Crippen molar-refractivity contribution in [1.82, 2.24) is 15.4 Å². The van der Waals surface area contributed by atoms with Gasteiger partial charge in [-0.2, -0.15) is 15.8 Å². The van der Waals surface area contributed by atoms with Gasteiger partial charge in [0.2, 0.25) is 5.88 Å². The molecule has 1 rings (SSSR count). The molecule has 1 aromatic heterocycles. The number of ether oxygens (including phenoxy) is 1. The van der Waals surface area contributed by atoms with Crippen LogP contribution in [0.1, 0.15) is 0 Å². The van der Waals surface area contributed by atoms with Gasteiger partial charge in [0.1, 0.15) is 18.2 Å². The molecule has 0 aliphatic rings. The van der Waals surface area contributed by atoms with Gasteiger partial charge in [0, 0.05) is 6.07 Å². The SMILES string of the molecule is N#CC(C#N)(C#N)Oc1ccnnn1. The first-order chi connectivity index (χ1) is 6.76. The van der Waals surface area contributed by atoms with Crippen molar-refractivity contribution < 1.29 is 4.74 Å². The van der Waals surface area contributed by atoms with Gasteiger partial charge >= 0.3 is 5.60 Å². The minimum absolute atomic E-state index is 0.107. The number of nitriles is 3. The summed E-state index contributed by atoms with van der Waals surface area (Å²) in [6.07, 6.45) is 1.26. The molecule has 14 heavy (non-hydrogen) atoms. The van der Waals surface area contributed by atoms with E-state index in [4.69, 9.17) is 20.5 Å².